The van der Waals surface area contributed by atoms with Gasteiger partial charge in [-0.3, -0.25) is 4.57 Å². The summed E-state index contributed by atoms with van der Waals surface area (Å²) in [6.07, 6.45) is 1.25. The Morgan fingerprint density at radius 2 is 1.19 bits per heavy atom. The van der Waals surface area contributed by atoms with E-state index in [-0.39, 0.29) is 5.41 Å². The molecule has 1 aliphatic carbocycles. The van der Waals surface area contributed by atoms with Crippen LogP contribution in [0.2, 0.25) is 0 Å². The number of benzene rings is 7. The Kier molecular flexibility index (Phi) is 7.53. The van der Waals surface area contributed by atoms with Crippen molar-refractivity contribution in [2.45, 2.75) is 39.5 Å². The van der Waals surface area contributed by atoms with Gasteiger partial charge in [-0.05, 0) is 56.8 Å². The standard InChI is InChI=1S/C47H31N3S.C3H8/c1-47(2)38-24-10-8-18-31(38)32-20-12-21-33(41(32)47)34-22-13-23-35-37-26-29-16-6-7-17-30(29)27-39(37)50(44(34)35)46-48-42(28-14-4-3-5-15-28)45-43(49-46)36-19-9-11-25-40(36)51-45;1-3-2/h3-27H,1-2H3;3H2,1-2H3. The second kappa shape index (κ2) is 12.5. The molecule has 10 aromatic rings. The van der Waals surface area contributed by atoms with Gasteiger partial charge in [0.2, 0.25) is 5.95 Å². The van der Waals surface area contributed by atoms with Crippen LogP contribution in [0.4, 0.5) is 0 Å². The van der Waals surface area contributed by atoms with Crippen molar-refractivity contribution in [1.29, 1.82) is 0 Å². The molecule has 54 heavy (non-hydrogen) atoms. The van der Waals surface area contributed by atoms with Crippen molar-refractivity contribution in [3.05, 3.63) is 163 Å². The summed E-state index contributed by atoms with van der Waals surface area (Å²) >= 11 is 1.77. The zero-order valence-corrected chi connectivity index (χ0v) is 31.7. The predicted molar refractivity (Wildman–Crippen MR) is 231 cm³/mol. The molecule has 260 valence electrons. The molecule has 0 aliphatic heterocycles. The highest BCUT2D eigenvalue weighted by atomic mass is 32.1. The maximum atomic E-state index is 5.52. The summed E-state index contributed by atoms with van der Waals surface area (Å²) in [5.74, 6) is 0.683. The first kappa shape index (κ1) is 32.5. The molecule has 0 radical (unpaired) electrons. The Labute approximate surface area is 319 Å². The number of hydrogen-bond acceptors (Lipinski definition) is 3. The van der Waals surface area contributed by atoms with Crippen LogP contribution in [0.5, 0.6) is 0 Å². The van der Waals surface area contributed by atoms with E-state index in [0.717, 1.165) is 37.9 Å². The van der Waals surface area contributed by atoms with Crippen LogP contribution >= 0.6 is 11.3 Å². The van der Waals surface area contributed by atoms with Gasteiger partial charge in [-0.15, -0.1) is 11.3 Å². The highest BCUT2D eigenvalue weighted by Crippen LogP contribution is 2.53. The average molecular weight is 714 g/mol. The van der Waals surface area contributed by atoms with Gasteiger partial charge in [-0.25, -0.2) is 9.97 Å². The van der Waals surface area contributed by atoms with Crippen molar-refractivity contribution in [1.82, 2.24) is 14.5 Å². The lowest BCUT2D eigenvalue weighted by atomic mass is 9.78. The fourth-order valence-electron chi connectivity index (χ4n) is 8.72. The first-order valence-electron chi connectivity index (χ1n) is 18.9. The molecular formula is C50H39N3S. The molecule has 0 N–H and O–H groups in total. The smallest absolute Gasteiger partial charge is 0.235 e. The number of para-hydroxylation sites is 1. The Hall–Kier alpha value is -6.10. The normalized spacial score (nSPS) is 13.0. The van der Waals surface area contributed by atoms with E-state index in [1.807, 2.05) is 0 Å². The molecule has 3 aromatic heterocycles. The summed E-state index contributed by atoms with van der Waals surface area (Å²) in [5.41, 5.74) is 12.9. The zero-order valence-electron chi connectivity index (χ0n) is 30.9. The van der Waals surface area contributed by atoms with E-state index < -0.39 is 0 Å². The fraction of sp³-hybridized carbons (Fsp3) is 0.120. The molecule has 1 aliphatic rings. The van der Waals surface area contributed by atoms with E-state index >= 15 is 0 Å². The van der Waals surface area contributed by atoms with Gasteiger partial charge in [-0.1, -0.05) is 168 Å². The predicted octanol–water partition coefficient (Wildman–Crippen LogP) is 14.2. The molecule has 0 spiro atoms. The Balaban J connectivity index is 0.00000117. The quantitative estimate of drug-likeness (QED) is 0.182. The van der Waals surface area contributed by atoms with Crippen molar-refractivity contribution in [3.63, 3.8) is 0 Å². The third-order valence-corrected chi connectivity index (χ3v) is 12.1. The van der Waals surface area contributed by atoms with Crippen LogP contribution in [-0.4, -0.2) is 14.5 Å². The molecule has 3 nitrogen and oxygen atoms in total. The van der Waals surface area contributed by atoms with Crippen molar-refractivity contribution in [2.75, 3.05) is 0 Å². The summed E-state index contributed by atoms with van der Waals surface area (Å²) in [6, 6.07) is 55.0. The zero-order chi connectivity index (χ0) is 36.6. The molecule has 0 saturated carbocycles. The molecular weight excluding hydrogens is 675 g/mol. The molecule has 11 rings (SSSR count). The van der Waals surface area contributed by atoms with Crippen molar-refractivity contribution in [2.24, 2.45) is 0 Å². The van der Waals surface area contributed by atoms with E-state index in [9.17, 15) is 0 Å². The third kappa shape index (κ3) is 4.80. The van der Waals surface area contributed by atoms with Gasteiger partial charge in [-0.2, -0.15) is 0 Å². The molecule has 0 fully saturated rings. The van der Waals surface area contributed by atoms with Crippen molar-refractivity contribution >= 4 is 64.2 Å². The van der Waals surface area contributed by atoms with Crippen LogP contribution in [-0.2, 0) is 5.41 Å². The lowest BCUT2D eigenvalue weighted by Crippen LogP contribution is -2.16. The summed E-state index contributed by atoms with van der Waals surface area (Å²) in [7, 11) is 0. The van der Waals surface area contributed by atoms with Gasteiger partial charge >= 0.3 is 0 Å². The van der Waals surface area contributed by atoms with Crippen molar-refractivity contribution < 1.29 is 0 Å². The minimum atomic E-state index is -0.165. The monoisotopic (exact) mass is 713 g/mol. The van der Waals surface area contributed by atoms with E-state index in [4.69, 9.17) is 9.97 Å². The lowest BCUT2D eigenvalue weighted by Gasteiger charge is -2.25. The fourth-order valence-corrected chi connectivity index (χ4v) is 9.87. The second-order valence-corrected chi connectivity index (χ2v) is 15.9. The first-order valence-corrected chi connectivity index (χ1v) is 19.7. The number of aromatic nitrogens is 3. The van der Waals surface area contributed by atoms with E-state index in [1.165, 1.54) is 66.0 Å². The molecule has 4 heteroatoms. The molecule has 0 saturated heterocycles. The van der Waals surface area contributed by atoms with E-state index in [1.54, 1.807) is 11.3 Å². The summed E-state index contributed by atoms with van der Waals surface area (Å²) in [4.78, 5) is 11.0. The van der Waals surface area contributed by atoms with Crippen LogP contribution in [0.25, 0.3) is 92.3 Å². The van der Waals surface area contributed by atoms with E-state index in [2.05, 4.69) is 184 Å². The summed E-state index contributed by atoms with van der Waals surface area (Å²) in [5, 5.41) is 5.96. The van der Waals surface area contributed by atoms with Gasteiger partial charge in [0.25, 0.3) is 0 Å². The topological polar surface area (TPSA) is 30.7 Å². The minimum Gasteiger partial charge on any atom is -0.277 e. The molecule has 3 heterocycles. The Morgan fingerprint density at radius 3 is 2.00 bits per heavy atom. The van der Waals surface area contributed by atoms with Crippen LogP contribution in [0.15, 0.2) is 152 Å². The summed E-state index contributed by atoms with van der Waals surface area (Å²) in [6.45, 7) is 8.99. The maximum Gasteiger partial charge on any atom is 0.235 e. The highest BCUT2D eigenvalue weighted by Gasteiger charge is 2.38. The molecule has 0 amide bonds. The second-order valence-electron chi connectivity index (χ2n) is 14.9. The number of thiophene rings is 1. The summed E-state index contributed by atoms with van der Waals surface area (Å²) < 4.78 is 4.67. The molecule has 0 atom stereocenters. The number of nitrogens with zero attached hydrogens (tertiary/aromatic N) is 3. The third-order valence-electron chi connectivity index (χ3n) is 11.0. The SMILES string of the molecule is CC1(C)c2ccccc2-c2cccc(-c3cccc4c5cc6ccccc6cc5n(-c5nc(-c6ccccc6)c6sc7ccccc7c6n5)c34)c21.CCC. The van der Waals surface area contributed by atoms with Gasteiger partial charge in [0.1, 0.15) is 0 Å². The Morgan fingerprint density at radius 1 is 0.574 bits per heavy atom. The van der Waals surface area contributed by atoms with Crippen LogP contribution < -0.4 is 0 Å². The lowest BCUT2D eigenvalue weighted by molar-refractivity contribution is 0.662. The van der Waals surface area contributed by atoms with E-state index in [0.29, 0.717) is 5.95 Å². The number of fused-ring (bicyclic) bond motifs is 10. The first-order chi connectivity index (χ1) is 26.5. The molecule has 7 aromatic carbocycles. The van der Waals surface area contributed by atoms with Gasteiger partial charge in [0, 0.05) is 37.4 Å². The van der Waals surface area contributed by atoms with Crippen LogP contribution in [0, 0.1) is 0 Å². The van der Waals surface area contributed by atoms with Crippen LogP contribution in [0.1, 0.15) is 45.2 Å². The maximum absolute atomic E-state index is 5.52. The Bertz CT molecular complexity index is 3070. The largest absolute Gasteiger partial charge is 0.277 e. The van der Waals surface area contributed by atoms with Gasteiger partial charge in [0.15, 0.2) is 0 Å². The number of rotatable bonds is 3. The minimum absolute atomic E-state index is 0.165. The van der Waals surface area contributed by atoms with Crippen molar-refractivity contribution in [3.8, 4) is 39.5 Å². The molecule has 0 unspecified atom stereocenters. The number of hydrogen-bond donors (Lipinski definition) is 0. The molecule has 0 bridgehead atoms. The highest BCUT2D eigenvalue weighted by molar-refractivity contribution is 7.26. The van der Waals surface area contributed by atoms with Crippen LogP contribution in [0.3, 0.4) is 0 Å². The van der Waals surface area contributed by atoms with Gasteiger partial charge < -0.3 is 0 Å². The average Bonchev–Trinajstić information content (AvgIpc) is 3.83. The van der Waals surface area contributed by atoms with Gasteiger partial charge in [0.05, 0.1) is 26.9 Å².